The second-order valence-corrected chi connectivity index (χ2v) is 7.62. The van der Waals surface area contributed by atoms with E-state index in [1.165, 1.54) is 12.1 Å². The zero-order chi connectivity index (χ0) is 15.1. The average Bonchev–Trinajstić information content (AvgIpc) is 2.52. The monoisotopic (exact) mass is 319 g/mol. The summed E-state index contributed by atoms with van der Waals surface area (Å²) in [5, 5.41) is 0. The summed E-state index contributed by atoms with van der Waals surface area (Å²) in [7, 11) is 0.931. The maximum Gasteiger partial charge on any atom is 0.261 e. The van der Waals surface area contributed by atoms with Crippen LogP contribution < -0.4 is 0 Å². The van der Waals surface area contributed by atoms with Crippen LogP contribution in [0.2, 0.25) is 0 Å². The zero-order valence-corrected chi connectivity index (χ0v) is 12.0. The van der Waals surface area contributed by atoms with Crippen molar-refractivity contribution in [1.29, 1.82) is 0 Å². The minimum absolute atomic E-state index is 0.182. The Labute approximate surface area is 119 Å². The first kappa shape index (κ1) is 14.9. The molecule has 5 nitrogen and oxygen atoms in total. The number of carbonyl (C=O) groups is 2. The van der Waals surface area contributed by atoms with E-state index in [1.807, 2.05) is 0 Å². The third-order valence-corrected chi connectivity index (χ3v) is 4.11. The van der Waals surface area contributed by atoms with Gasteiger partial charge in [-0.25, -0.2) is 12.8 Å². The van der Waals surface area contributed by atoms with E-state index in [0.717, 1.165) is 6.92 Å². The Bertz CT molecular complexity index is 651. The standard InChI is InChI=1S/C12H11ClFNO4S/c1-12(14,7-20(13,18)19)6-15-10(16)8-4-2-3-5-9(8)11(15)17/h2-5H,6-7H2,1H3/t12-/m0/s1. The molecule has 0 bridgehead atoms. The van der Waals surface area contributed by atoms with Crippen LogP contribution in [0, 0.1) is 0 Å². The Kier molecular flexibility index (Phi) is 3.60. The molecule has 1 atom stereocenters. The summed E-state index contributed by atoms with van der Waals surface area (Å²) >= 11 is 0. The van der Waals surface area contributed by atoms with E-state index in [4.69, 9.17) is 10.7 Å². The lowest BCUT2D eigenvalue weighted by Crippen LogP contribution is -2.44. The van der Waals surface area contributed by atoms with Gasteiger partial charge in [-0.15, -0.1) is 0 Å². The van der Waals surface area contributed by atoms with Gasteiger partial charge >= 0.3 is 0 Å². The van der Waals surface area contributed by atoms with Crippen molar-refractivity contribution >= 4 is 31.5 Å². The third kappa shape index (κ3) is 2.99. The summed E-state index contributed by atoms with van der Waals surface area (Å²) in [5.74, 6) is -2.25. The predicted octanol–water partition coefficient (Wildman–Crippen LogP) is 1.58. The first-order chi connectivity index (χ1) is 9.11. The highest BCUT2D eigenvalue weighted by Gasteiger charge is 2.41. The molecule has 2 amide bonds. The van der Waals surface area contributed by atoms with Gasteiger partial charge in [-0.2, -0.15) is 0 Å². The molecule has 1 aromatic rings. The van der Waals surface area contributed by atoms with Gasteiger partial charge in [0.1, 0.15) is 11.4 Å². The summed E-state index contributed by atoms with van der Waals surface area (Å²) in [4.78, 5) is 24.7. The largest absolute Gasteiger partial charge is 0.271 e. The molecule has 1 aromatic carbocycles. The summed E-state index contributed by atoms with van der Waals surface area (Å²) in [6.07, 6.45) is 0. The summed E-state index contributed by atoms with van der Waals surface area (Å²) in [5.41, 5.74) is -1.95. The number of alkyl halides is 1. The first-order valence-electron chi connectivity index (χ1n) is 5.67. The fraction of sp³-hybridized carbons (Fsp3) is 0.333. The molecule has 0 aromatic heterocycles. The lowest BCUT2D eigenvalue weighted by molar-refractivity contribution is 0.0550. The fourth-order valence-electron chi connectivity index (χ4n) is 2.12. The van der Waals surface area contributed by atoms with Crippen molar-refractivity contribution in [2.45, 2.75) is 12.6 Å². The highest BCUT2D eigenvalue weighted by atomic mass is 35.7. The molecule has 8 heteroatoms. The van der Waals surface area contributed by atoms with Crippen LogP contribution in [-0.2, 0) is 9.05 Å². The molecule has 0 unspecified atom stereocenters. The van der Waals surface area contributed by atoms with Crippen molar-refractivity contribution in [1.82, 2.24) is 4.90 Å². The van der Waals surface area contributed by atoms with Crippen LogP contribution in [0.3, 0.4) is 0 Å². The second kappa shape index (κ2) is 4.82. The van der Waals surface area contributed by atoms with E-state index >= 15 is 0 Å². The van der Waals surface area contributed by atoms with Crippen molar-refractivity contribution in [2.24, 2.45) is 0 Å². The van der Waals surface area contributed by atoms with E-state index in [1.54, 1.807) is 12.1 Å². The Balaban J connectivity index is 2.25. The number of benzene rings is 1. The molecule has 0 N–H and O–H groups in total. The molecule has 0 spiro atoms. The smallest absolute Gasteiger partial charge is 0.261 e. The van der Waals surface area contributed by atoms with Crippen LogP contribution in [0.1, 0.15) is 27.6 Å². The molecule has 1 heterocycles. The number of halogens is 2. The van der Waals surface area contributed by atoms with Crippen LogP contribution in [0.5, 0.6) is 0 Å². The van der Waals surface area contributed by atoms with Gasteiger partial charge in [-0.3, -0.25) is 14.5 Å². The van der Waals surface area contributed by atoms with E-state index in [0.29, 0.717) is 4.90 Å². The first-order valence-corrected chi connectivity index (χ1v) is 8.15. The molecule has 0 aliphatic carbocycles. The van der Waals surface area contributed by atoms with Gasteiger partial charge in [0.25, 0.3) is 11.8 Å². The van der Waals surface area contributed by atoms with Crippen molar-refractivity contribution < 1.29 is 22.4 Å². The van der Waals surface area contributed by atoms with Gasteiger partial charge in [-0.05, 0) is 19.1 Å². The number of carbonyl (C=O) groups excluding carboxylic acids is 2. The number of hydrogen-bond donors (Lipinski definition) is 0. The molecular formula is C12H11ClFNO4S. The number of hydrogen-bond acceptors (Lipinski definition) is 4. The minimum atomic E-state index is -4.08. The number of fused-ring (bicyclic) bond motifs is 1. The van der Waals surface area contributed by atoms with Gasteiger partial charge in [-0.1, -0.05) is 12.1 Å². The minimum Gasteiger partial charge on any atom is -0.271 e. The molecule has 2 rings (SSSR count). The highest BCUT2D eigenvalue weighted by Crippen LogP contribution is 2.26. The van der Waals surface area contributed by atoms with Crippen LogP contribution in [0.25, 0.3) is 0 Å². The van der Waals surface area contributed by atoms with Gasteiger partial charge in [0.15, 0.2) is 0 Å². The Morgan fingerprint density at radius 3 is 2.05 bits per heavy atom. The van der Waals surface area contributed by atoms with Gasteiger partial charge in [0.2, 0.25) is 9.05 Å². The van der Waals surface area contributed by atoms with Gasteiger partial charge < -0.3 is 0 Å². The topological polar surface area (TPSA) is 71.5 Å². The Morgan fingerprint density at radius 2 is 1.65 bits per heavy atom. The maximum absolute atomic E-state index is 14.2. The van der Waals surface area contributed by atoms with E-state index in [2.05, 4.69) is 0 Å². The highest BCUT2D eigenvalue weighted by molar-refractivity contribution is 8.13. The second-order valence-electron chi connectivity index (χ2n) is 4.84. The molecule has 1 aliphatic rings. The van der Waals surface area contributed by atoms with Crippen LogP contribution in [-0.4, -0.2) is 43.1 Å². The van der Waals surface area contributed by atoms with Crippen LogP contribution >= 0.6 is 10.7 Å². The van der Waals surface area contributed by atoms with E-state index < -0.39 is 38.8 Å². The Hall–Kier alpha value is -1.47. The molecule has 20 heavy (non-hydrogen) atoms. The van der Waals surface area contributed by atoms with Crippen LogP contribution in [0.4, 0.5) is 4.39 Å². The number of rotatable bonds is 4. The quantitative estimate of drug-likeness (QED) is 0.624. The summed E-state index contributed by atoms with van der Waals surface area (Å²) < 4.78 is 36.1. The van der Waals surface area contributed by atoms with E-state index in [9.17, 15) is 22.4 Å². The van der Waals surface area contributed by atoms with Gasteiger partial charge in [0.05, 0.1) is 17.7 Å². The van der Waals surface area contributed by atoms with Crippen LogP contribution in [0.15, 0.2) is 24.3 Å². The lowest BCUT2D eigenvalue weighted by atomic mass is 10.1. The SMILES string of the molecule is C[C@](F)(CN1C(=O)c2ccccc2C1=O)CS(=O)(=O)Cl. The molecule has 1 aliphatic heterocycles. The van der Waals surface area contributed by atoms with Crippen molar-refractivity contribution in [3.63, 3.8) is 0 Å². The number of amides is 2. The van der Waals surface area contributed by atoms with E-state index in [-0.39, 0.29) is 11.1 Å². The number of nitrogens with zero attached hydrogens (tertiary/aromatic N) is 1. The zero-order valence-electron chi connectivity index (χ0n) is 10.5. The fourth-order valence-corrected chi connectivity index (χ4v) is 3.61. The molecule has 0 fully saturated rings. The summed E-state index contributed by atoms with van der Waals surface area (Å²) in [6.45, 7) is 0.321. The van der Waals surface area contributed by atoms with Crippen molar-refractivity contribution in [2.75, 3.05) is 12.3 Å². The summed E-state index contributed by atoms with van der Waals surface area (Å²) in [6, 6.07) is 6.10. The molecule has 0 radical (unpaired) electrons. The molecule has 108 valence electrons. The third-order valence-electron chi connectivity index (χ3n) is 2.84. The molecule has 0 saturated carbocycles. The molecular weight excluding hydrogens is 309 g/mol. The maximum atomic E-state index is 14.2. The lowest BCUT2D eigenvalue weighted by Gasteiger charge is -2.24. The number of imide groups is 1. The molecule has 0 saturated heterocycles. The predicted molar refractivity (Wildman–Crippen MR) is 71.0 cm³/mol. The van der Waals surface area contributed by atoms with Crippen molar-refractivity contribution in [3.8, 4) is 0 Å². The normalized spacial score (nSPS) is 18.1. The Morgan fingerprint density at radius 1 is 1.20 bits per heavy atom. The average molecular weight is 320 g/mol. The van der Waals surface area contributed by atoms with Crippen molar-refractivity contribution in [3.05, 3.63) is 35.4 Å². The van der Waals surface area contributed by atoms with Gasteiger partial charge in [0, 0.05) is 10.7 Å².